The van der Waals surface area contributed by atoms with Gasteiger partial charge in [-0.15, -0.1) is 0 Å². The first kappa shape index (κ1) is 12.5. The van der Waals surface area contributed by atoms with Crippen molar-refractivity contribution in [1.29, 1.82) is 0 Å². The molecule has 0 bridgehead atoms. The highest BCUT2D eigenvalue weighted by Gasteiger charge is 2.28. The summed E-state index contributed by atoms with van der Waals surface area (Å²) in [6.45, 7) is 2.30. The molecule has 1 aliphatic rings. The summed E-state index contributed by atoms with van der Waals surface area (Å²) in [4.78, 5) is 0. The van der Waals surface area contributed by atoms with Crippen LogP contribution in [0, 0.1) is 5.92 Å². The van der Waals surface area contributed by atoms with E-state index in [1.165, 1.54) is 6.20 Å². The molecule has 0 aromatic carbocycles. The Hall–Kier alpha value is -0.920. The number of H-pyrrole nitrogens is 1. The van der Waals surface area contributed by atoms with Crippen molar-refractivity contribution >= 4 is 10.0 Å². The summed E-state index contributed by atoms with van der Waals surface area (Å²) < 4.78 is 26.9. The van der Waals surface area contributed by atoms with Crippen molar-refractivity contribution in [1.82, 2.24) is 14.9 Å². The van der Waals surface area contributed by atoms with E-state index in [4.69, 9.17) is 5.73 Å². The monoisotopic (exact) mass is 258 g/mol. The SMILES string of the molecule is CC1CCC(NS(=O)(=O)c2[nH]ncc2CN)C1. The van der Waals surface area contributed by atoms with E-state index in [2.05, 4.69) is 21.8 Å². The van der Waals surface area contributed by atoms with Crippen molar-refractivity contribution in [2.24, 2.45) is 11.7 Å². The second-order valence-electron chi connectivity index (χ2n) is 4.66. The number of nitrogens with two attached hydrogens (primary N) is 1. The Kier molecular flexibility index (Phi) is 3.50. The minimum absolute atomic E-state index is 0.0314. The van der Waals surface area contributed by atoms with E-state index in [1.54, 1.807) is 0 Å². The molecule has 1 aromatic rings. The quantitative estimate of drug-likeness (QED) is 0.724. The molecule has 1 fully saturated rings. The van der Waals surface area contributed by atoms with Crippen molar-refractivity contribution in [3.05, 3.63) is 11.8 Å². The van der Waals surface area contributed by atoms with E-state index < -0.39 is 10.0 Å². The van der Waals surface area contributed by atoms with Gasteiger partial charge in [0.05, 0.1) is 6.20 Å². The van der Waals surface area contributed by atoms with Gasteiger partial charge in [0.25, 0.3) is 10.0 Å². The Bertz CT molecular complexity index is 482. The lowest BCUT2D eigenvalue weighted by Crippen LogP contribution is -2.33. The lowest BCUT2D eigenvalue weighted by molar-refractivity contribution is 0.535. The molecule has 6 nitrogen and oxygen atoms in total. The van der Waals surface area contributed by atoms with Crippen molar-refractivity contribution in [3.63, 3.8) is 0 Å². The highest BCUT2D eigenvalue weighted by atomic mass is 32.2. The smallest absolute Gasteiger partial charge is 0.258 e. The number of hydrogen-bond donors (Lipinski definition) is 3. The van der Waals surface area contributed by atoms with Gasteiger partial charge in [-0.3, -0.25) is 5.10 Å². The normalized spacial score (nSPS) is 25.3. The molecular weight excluding hydrogens is 240 g/mol. The van der Waals surface area contributed by atoms with E-state index >= 15 is 0 Å². The number of rotatable bonds is 4. The summed E-state index contributed by atoms with van der Waals surface area (Å²) in [6, 6.07) is 0.0314. The maximum absolute atomic E-state index is 12.1. The molecule has 0 saturated heterocycles. The fraction of sp³-hybridized carbons (Fsp3) is 0.700. The first-order valence-electron chi connectivity index (χ1n) is 5.77. The molecule has 1 aliphatic carbocycles. The Balaban J connectivity index is 2.14. The second-order valence-corrected chi connectivity index (χ2v) is 6.32. The maximum atomic E-state index is 12.1. The van der Waals surface area contributed by atoms with Gasteiger partial charge in [-0.2, -0.15) is 5.10 Å². The molecule has 2 rings (SSSR count). The van der Waals surface area contributed by atoms with Crippen LogP contribution in [0.3, 0.4) is 0 Å². The van der Waals surface area contributed by atoms with Crippen LogP contribution in [0.5, 0.6) is 0 Å². The van der Waals surface area contributed by atoms with Crippen LogP contribution in [0.2, 0.25) is 0 Å². The molecular formula is C10H18N4O2S. The maximum Gasteiger partial charge on any atom is 0.258 e. The number of nitrogens with one attached hydrogen (secondary N) is 2. The molecule has 2 atom stereocenters. The molecule has 2 unspecified atom stereocenters. The van der Waals surface area contributed by atoms with E-state index in [0.717, 1.165) is 19.3 Å². The van der Waals surface area contributed by atoms with E-state index in [9.17, 15) is 8.42 Å². The summed E-state index contributed by atoms with van der Waals surface area (Å²) >= 11 is 0. The zero-order chi connectivity index (χ0) is 12.5. The minimum atomic E-state index is -3.51. The fourth-order valence-electron chi connectivity index (χ4n) is 2.27. The Labute approximate surface area is 101 Å². The molecule has 4 N–H and O–H groups in total. The molecule has 1 heterocycles. The average Bonchev–Trinajstić information content (AvgIpc) is 2.86. The predicted molar refractivity (Wildman–Crippen MR) is 63.6 cm³/mol. The molecule has 0 spiro atoms. The first-order valence-corrected chi connectivity index (χ1v) is 7.26. The van der Waals surface area contributed by atoms with Crippen molar-refractivity contribution in [3.8, 4) is 0 Å². The van der Waals surface area contributed by atoms with E-state index in [1.807, 2.05) is 0 Å². The third-order valence-electron chi connectivity index (χ3n) is 3.18. The average molecular weight is 258 g/mol. The number of sulfonamides is 1. The van der Waals surface area contributed by atoms with Gasteiger partial charge in [-0.25, -0.2) is 13.1 Å². The minimum Gasteiger partial charge on any atom is -0.326 e. The predicted octanol–water partition coefficient (Wildman–Crippen LogP) is 0.335. The summed E-state index contributed by atoms with van der Waals surface area (Å²) in [5.41, 5.74) is 5.99. The highest BCUT2D eigenvalue weighted by Crippen LogP contribution is 2.26. The molecule has 0 amide bonds. The fourth-order valence-corrected chi connectivity index (χ4v) is 3.69. The van der Waals surface area contributed by atoms with Gasteiger partial charge in [-0.05, 0) is 25.2 Å². The van der Waals surface area contributed by atoms with Crippen LogP contribution >= 0.6 is 0 Å². The van der Waals surface area contributed by atoms with Gasteiger partial charge in [0.1, 0.15) is 0 Å². The third-order valence-corrected chi connectivity index (χ3v) is 4.72. The Morgan fingerprint density at radius 2 is 2.35 bits per heavy atom. The molecule has 0 radical (unpaired) electrons. The van der Waals surface area contributed by atoms with Crippen LogP contribution in [0.15, 0.2) is 11.2 Å². The van der Waals surface area contributed by atoms with Crippen LogP contribution in [-0.2, 0) is 16.6 Å². The van der Waals surface area contributed by atoms with Crippen LogP contribution in [0.1, 0.15) is 31.7 Å². The zero-order valence-corrected chi connectivity index (χ0v) is 10.6. The second kappa shape index (κ2) is 4.75. The molecule has 17 heavy (non-hydrogen) atoms. The lowest BCUT2D eigenvalue weighted by Gasteiger charge is -2.12. The van der Waals surface area contributed by atoms with Crippen LogP contribution < -0.4 is 10.5 Å². The zero-order valence-electron chi connectivity index (χ0n) is 9.81. The van der Waals surface area contributed by atoms with Crippen molar-refractivity contribution in [2.75, 3.05) is 0 Å². The summed E-state index contributed by atoms with van der Waals surface area (Å²) in [7, 11) is -3.51. The number of aromatic nitrogens is 2. The Morgan fingerprint density at radius 3 is 2.94 bits per heavy atom. The van der Waals surface area contributed by atoms with Gasteiger partial charge in [0.15, 0.2) is 5.03 Å². The summed E-state index contributed by atoms with van der Waals surface area (Å²) in [5.74, 6) is 0.582. The van der Waals surface area contributed by atoms with Crippen LogP contribution in [0.4, 0.5) is 0 Å². The molecule has 1 aromatic heterocycles. The first-order chi connectivity index (χ1) is 8.03. The standard InChI is InChI=1S/C10H18N4O2S/c1-7-2-3-9(4-7)14-17(15,16)10-8(5-11)6-12-13-10/h6-7,9,14H,2-5,11H2,1H3,(H,12,13). The van der Waals surface area contributed by atoms with E-state index in [0.29, 0.717) is 11.5 Å². The largest absolute Gasteiger partial charge is 0.326 e. The molecule has 0 aliphatic heterocycles. The summed E-state index contributed by atoms with van der Waals surface area (Å²) in [5, 5.41) is 6.32. The van der Waals surface area contributed by atoms with E-state index in [-0.39, 0.29) is 17.6 Å². The highest BCUT2D eigenvalue weighted by molar-refractivity contribution is 7.89. The molecule has 96 valence electrons. The van der Waals surface area contributed by atoms with Gasteiger partial charge in [-0.1, -0.05) is 6.92 Å². The molecule has 7 heteroatoms. The third kappa shape index (κ3) is 2.67. The lowest BCUT2D eigenvalue weighted by atomic mass is 10.1. The topological polar surface area (TPSA) is 101 Å². The van der Waals surface area contributed by atoms with Crippen molar-refractivity contribution in [2.45, 2.75) is 43.8 Å². The van der Waals surface area contributed by atoms with Gasteiger partial charge >= 0.3 is 0 Å². The summed E-state index contributed by atoms with van der Waals surface area (Å²) in [6.07, 6.45) is 4.31. The van der Waals surface area contributed by atoms with Crippen LogP contribution in [0.25, 0.3) is 0 Å². The van der Waals surface area contributed by atoms with Gasteiger partial charge in [0, 0.05) is 18.2 Å². The Morgan fingerprint density at radius 1 is 1.59 bits per heavy atom. The van der Waals surface area contributed by atoms with Crippen LogP contribution in [-0.4, -0.2) is 24.7 Å². The van der Waals surface area contributed by atoms with Gasteiger partial charge in [0.2, 0.25) is 0 Å². The molecule has 1 saturated carbocycles. The number of aromatic amines is 1. The number of hydrogen-bond acceptors (Lipinski definition) is 4. The van der Waals surface area contributed by atoms with Crippen molar-refractivity contribution < 1.29 is 8.42 Å². The van der Waals surface area contributed by atoms with Gasteiger partial charge < -0.3 is 5.73 Å². The number of nitrogens with zero attached hydrogens (tertiary/aromatic N) is 1.